The zero-order chi connectivity index (χ0) is 17.6. The molecule has 2 aliphatic heterocycles. The van der Waals surface area contributed by atoms with E-state index in [1.165, 1.54) is 6.42 Å². The molecule has 0 aromatic heterocycles. The van der Waals surface area contributed by atoms with E-state index < -0.39 is 6.04 Å². The van der Waals surface area contributed by atoms with E-state index in [1.807, 2.05) is 4.90 Å². The molecule has 0 radical (unpaired) electrons. The van der Waals surface area contributed by atoms with Gasteiger partial charge in [-0.3, -0.25) is 9.59 Å². The SMILES string of the molecule is Cl.NC(C(=O)Nc1cccc(C(=O)N2CCCCC2)c1)C1CCOCC1. The summed E-state index contributed by atoms with van der Waals surface area (Å²) in [6.07, 6.45) is 4.92. The summed E-state index contributed by atoms with van der Waals surface area (Å²) in [5, 5.41) is 2.86. The van der Waals surface area contributed by atoms with Gasteiger partial charge in [0.05, 0.1) is 6.04 Å². The molecule has 1 aromatic carbocycles. The second-order valence-corrected chi connectivity index (χ2v) is 6.90. The van der Waals surface area contributed by atoms with Crippen LogP contribution in [-0.2, 0) is 9.53 Å². The van der Waals surface area contributed by atoms with Crippen molar-refractivity contribution < 1.29 is 14.3 Å². The average molecular weight is 382 g/mol. The van der Waals surface area contributed by atoms with Crippen molar-refractivity contribution in [2.24, 2.45) is 11.7 Å². The molecule has 3 N–H and O–H groups in total. The molecule has 26 heavy (non-hydrogen) atoms. The van der Waals surface area contributed by atoms with Crippen molar-refractivity contribution in [3.05, 3.63) is 29.8 Å². The third kappa shape index (κ3) is 5.19. The van der Waals surface area contributed by atoms with E-state index in [1.54, 1.807) is 24.3 Å². The predicted octanol–water partition coefficient (Wildman–Crippen LogP) is 2.43. The maximum atomic E-state index is 12.6. The van der Waals surface area contributed by atoms with E-state index in [-0.39, 0.29) is 30.1 Å². The number of hydrogen-bond acceptors (Lipinski definition) is 4. The number of benzene rings is 1. The van der Waals surface area contributed by atoms with Crippen LogP contribution in [0.25, 0.3) is 0 Å². The molecule has 2 saturated heterocycles. The molecule has 2 fully saturated rings. The maximum Gasteiger partial charge on any atom is 0.253 e. The maximum absolute atomic E-state index is 12.6. The third-order valence-corrected chi connectivity index (χ3v) is 5.10. The number of carbonyl (C=O) groups excluding carboxylic acids is 2. The molecule has 0 spiro atoms. The highest BCUT2D eigenvalue weighted by molar-refractivity contribution is 5.98. The Hall–Kier alpha value is -1.63. The average Bonchev–Trinajstić information content (AvgIpc) is 2.68. The van der Waals surface area contributed by atoms with Crippen LogP contribution in [0.15, 0.2) is 24.3 Å². The second-order valence-electron chi connectivity index (χ2n) is 6.90. The van der Waals surface area contributed by atoms with Gasteiger partial charge in [0.25, 0.3) is 5.91 Å². The Balaban J connectivity index is 0.00000243. The van der Waals surface area contributed by atoms with Gasteiger partial charge in [-0.25, -0.2) is 0 Å². The summed E-state index contributed by atoms with van der Waals surface area (Å²) in [6, 6.07) is 6.58. The van der Waals surface area contributed by atoms with Crippen LogP contribution in [0.3, 0.4) is 0 Å². The molecular weight excluding hydrogens is 354 g/mol. The van der Waals surface area contributed by atoms with Crippen LogP contribution in [0.5, 0.6) is 0 Å². The minimum Gasteiger partial charge on any atom is -0.381 e. The van der Waals surface area contributed by atoms with Crippen molar-refractivity contribution in [2.75, 3.05) is 31.6 Å². The highest BCUT2D eigenvalue weighted by Crippen LogP contribution is 2.20. The van der Waals surface area contributed by atoms with Crippen LogP contribution >= 0.6 is 12.4 Å². The van der Waals surface area contributed by atoms with Gasteiger partial charge in [-0.1, -0.05) is 6.07 Å². The van der Waals surface area contributed by atoms with Crippen LogP contribution in [-0.4, -0.2) is 49.1 Å². The lowest BCUT2D eigenvalue weighted by Gasteiger charge is -2.27. The van der Waals surface area contributed by atoms with Crippen molar-refractivity contribution >= 4 is 29.9 Å². The van der Waals surface area contributed by atoms with Crippen LogP contribution in [0.4, 0.5) is 5.69 Å². The summed E-state index contributed by atoms with van der Waals surface area (Å²) < 4.78 is 5.32. The predicted molar refractivity (Wildman–Crippen MR) is 104 cm³/mol. The summed E-state index contributed by atoms with van der Waals surface area (Å²) in [4.78, 5) is 26.9. The molecule has 1 aromatic rings. The van der Waals surface area contributed by atoms with Crippen LogP contribution in [0.1, 0.15) is 42.5 Å². The Labute approximate surface area is 160 Å². The molecule has 0 bridgehead atoms. The van der Waals surface area contributed by atoms with Gasteiger partial charge in [0.15, 0.2) is 0 Å². The molecule has 2 heterocycles. The minimum atomic E-state index is -0.551. The van der Waals surface area contributed by atoms with E-state index >= 15 is 0 Å². The van der Waals surface area contributed by atoms with Gasteiger partial charge in [-0.2, -0.15) is 0 Å². The van der Waals surface area contributed by atoms with Crippen molar-refractivity contribution in [3.63, 3.8) is 0 Å². The highest BCUT2D eigenvalue weighted by atomic mass is 35.5. The number of rotatable bonds is 4. The van der Waals surface area contributed by atoms with Crippen molar-refractivity contribution in [1.29, 1.82) is 0 Å². The topological polar surface area (TPSA) is 84.7 Å². The zero-order valence-electron chi connectivity index (χ0n) is 15.0. The lowest BCUT2D eigenvalue weighted by molar-refractivity contribution is -0.119. The zero-order valence-corrected chi connectivity index (χ0v) is 15.8. The number of carbonyl (C=O) groups is 2. The summed E-state index contributed by atoms with van der Waals surface area (Å²) in [5.74, 6) is -0.0223. The fraction of sp³-hybridized carbons (Fsp3) is 0.579. The standard InChI is InChI=1S/C19H27N3O3.ClH/c20-17(14-7-11-25-12-8-14)18(23)21-16-6-4-5-15(13-16)19(24)22-9-2-1-3-10-22;/h4-6,13-14,17H,1-3,7-12,20H2,(H,21,23);1H. The molecule has 1 unspecified atom stereocenters. The fourth-order valence-corrected chi connectivity index (χ4v) is 3.52. The van der Waals surface area contributed by atoms with Gasteiger partial charge in [-0.05, 0) is 56.2 Å². The molecular formula is C19H28ClN3O3. The number of amides is 2. The number of hydrogen-bond donors (Lipinski definition) is 2. The summed E-state index contributed by atoms with van der Waals surface area (Å²) >= 11 is 0. The van der Waals surface area contributed by atoms with E-state index in [9.17, 15) is 9.59 Å². The van der Waals surface area contributed by atoms with Crippen molar-refractivity contribution in [2.45, 2.75) is 38.1 Å². The first-order valence-corrected chi connectivity index (χ1v) is 9.18. The Bertz CT molecular complexity index is 614. The molecule has 1 atom stereocenters. The minimum absolute atomic E-state index is 0. The fourth-order valence-electron chi connectivity index (χ4n) is 3.52. The van der Waals surface area contributed by atoms with Gasteiger partial charge >= 0.3 is 0 Å². The molecule has 7 heteroatoms. The number of halogens is 1. The van der Waals surface area contributed by atoms with E-state index in [4.69, 9.17) is 10.5 Å². The second kappa shape index (κ2) is 9.90. The first-order valence-electron chi connectivity index (χ1n) is 9.18. The van der Waals surface area contributed by atoms with Gasteiger partial charge in [0.2, 0.25) is 5.91 Å². The monoisotopic (exact) mass is 381 g/mol. The number of nitrogens with two attached hydrogens (primary N) is 1. The third-order valence-electron chi connectivity index (χ3n) is 5.10. The Kier molecular flexibility index (Phi) is 7.87. The van der Waals surface area contributed by atoms with Gasteiger partial charge in [0.1, 0.15) is 0 Å². The molecule has 2 aliphatic rings. The highest BCUT2D eigenvalue weighted by Gasteiger charge is 2.27. The van der Waals surface area contributed by atoms with Crippen molar-refractivity contribution in [1.82, 2.24) is 4.90 Å². The lowest BCUT2D eigenvalue weighted by atomic mass is 9.92. The summed E-state index contributed by atoms with van der Waals surface area (Å²) in [5.41, 5.74) is 7.34. The van der Waals surface area contributed by atoms with Crippen LogP contribution in [0.2, 0.25) is 0 Å². The lowest BCUT2D eigenvalue weighted by Crippen LogP contribution is -2.44. The van der Waals surface area contributed by atoms with Gasteiger partial charge in [-0.15, -0.1) is 12.4 Å². The molecule has 2 amide bonds. The first-order chi connectivity index (χ1) is 12.1. The van der Waals surface area contributed by atoms with Crippen LogP contribution in [0, 0.1) is 5.92 Å². The number of nitrogens with one attached hydrogen (secondary N) is 1. The van der Waals surface area contributed by atoms with Gasteiger partial charge in [0, 0.05) is 37.6 Å². The number of ether oxygens (including phenoxy) is 1. The quantitative estimate of drug-likeness (QED) is 0.838. The van der Waals surface area contributed by atoms with Gasteiger partial charge < -0.3 is 20.7 Å². The molecule has 144 valence electrons. The van der Waals surface area contributed by atoms with E-state index in [0.717, 1.165) is 38.8 Å². The number of nitrogens with zero attached hydrogens (tertiary/aromatic N) is 1. The summed E-state index contributed by atoms with van der Waals surface area (Å²) in [6.45, 7) is 2.94. The van der Waals surface area contributed by atoms with E-state index in [2.05, 4.69) is 5.32 Å². The smallest absolute Gasteiger partial charge is 0.253 e. The number of piperidine rings is 1. The molecule has 6 nitrogen and oxygen atoms in total. The first kappa shape index (κ1) is 20.7. The Morgan fingerprint density at radius 1 is 1.15 bits per heavy atom. The number of anilines is 1. The van der Waals surface area contributed by atoms with Crippen LogP contribution < -0.4 is 11.1 Å². The Morgan fingerprint density at radius 3 is 2.54 bits per heavy atom. The van der Waals surface area contributed by atoms with E-state index in [0.29, 0.717) is 24.5 Å². The molecule has 0 aliphatic carbocycles. The molecule has 3 rings (SSSR count). The normalized spacial score (nSPS) is 19.3. The Morgan fingerprint density at radius 2 is 1.85 bits per heavy atom. The number of likely N-dealkylation sites (tertiary alicyclic amines) is 1. The molecule has 0 saturated carbocycles. The summed E-state index contributed by atoms with van der Waals surface area (Å²) in [7, 11) is 0. The largest absolute Gasteiger partial charge is 0.381 e. The van der Waals surface area contributed by atoms with Crippen molar-refractivity contribution in [3.8, 4) is 0 Å².